The number of carboxylic acids is 1. The molecule has 0 saturated carbocycles. The van der Waals surface area contributed by atoms with Gasteiger partial charge in [-0.1, -0.05) is 0 Å². The number of rotatable bonds is 9. The predicted octanol–water partition coefficient (Wildman–Crippen LogP) is 2.41. The number of ether oxygens (including phenoxy) is 2. The highest BCUT2D eigenvalue weighted by Crippen LogP contribution is 2.30. The maximum Gasteiger partial charge on any atom is 0.304 e. The van der Waals surface area contributed by atoms with E-state index >= 15 is 0 Å². The Morgan fingerprint density at radius 2 is 1.80 bits per heavy atom. The summed E-state index contributed by atoms with van der Waals surface area (Å²) in [6.07, 6.45) is -1.60. The van der Waals surface area contributed by atoms with Crippen LogP contribution in [-0.2, 0) is 24.3 Å². The Kier molecular flexibility index (Phi) is 8.32. The smallest absolute Gasteiger partial charge is 0.304 e. The van der Waals surface area contributed by atoms with Crippen molar-refractivity contribution in [1.29, 1.82) is 0 Å². The number of carboxylic acid groups (broad SMARTS) is 1. The third-order valence-electron chi connectivity index (χ3n) is 5.27. The molecule has 1 aliphatic rings. The van der Waals surface area contributed by atoms with Crippen molar-refractivity contribution in [1.82, 2.24) is 9.79 Å². The summed E-state index contributed by atoms with van der Waals surface area (Å²) in [4.78, 5) is 22.6. The second kappa shape index (κ2) is 11.0. The van der Waals surface area contributed by atoms with Crippen LogP contribution in [0.25, 0.3) is 0 Å². The molecule has 2 aromatic rings. The second-order valence-electron chi connectivity index (χ2n) is 7.52. The highest BCUT2D eigenvalue weighted by atomic mass is 32.2. The summed E-state index contributed by atoms with van der Waals surface area (Å²) in [6.45, 7) is -0.400. The van der Waals surface area contributed by atoms with Gasteiger partial charge in [0.05, 0.1) is 11.3 Å². The number of sulfonamides is 1. The van der Waals surface area contributed by atoms with Gasteiger partial charge in [-0.2, -0.15) is 8.70 Å². The van der Waals surface area contributed by atoms with E-state index in [1.807, 2.05) is 0 Å². The molecule has 35 heavy (non-hydrogen) atoms. The summed E-state index contributed by atoms with van der Waals surface area (Å²) >= 11 is 0. The van der Waals surface area contributed by atoms with E-state index in [1.165, 1.54) is 5.48 Å². The van der Waals surface area contributed by atoms with Gasteiger partial charge in [0.2, 0.25) is 15.8 Å². The fourth-order valence-corrected chi connectivity index (χ4v) is 5.20. The monoisotopic (exact) mass is 518 g/mol. The molecular weight excluding hydrogens is 497 g/mol. The van der Waals surface area contributed by atoms with Gasteiger partial charge in [-0.15, -0.1) is 0 Å². The van der Waals surface area contributed by atoms with Crippen molar-refractivity contribution in [2.45, 2.75) is 36.3 Å². The van der Waals surface area contributed by atoms with Gasteiger partial charge in [-0.25, -0.2) is 22.7 Å². The lowest BCUT2D eigenvalue weighted by Crippen LogP contribution is -2.49. The van der Waals surface area contributed by atoms with Crippen molar-refractivity contribution in [2.24, 2.45) is 0 Å². The van der Waals surface area contributed by atoms with E-state index in [0.717, 1.165) is 34.6 Å². The van der Waals surface area contributed by atoms with Crippen LogP contribution in [0.5, 0.6) is 11.5 Å². The molecule has 0 radical (unpaired) electrons. The van der Waals surface area contributed by atoms with Crippen LogP contribution in [0.15, 0.2) is 41.3 Å². The molecule has 1 aliphatic heterocycles. The number of nitrogens with zero attached hydrogens (tertiary/aromatic N) is 1. The van der Waals surface area contributed by atoms with Gasteiger partial charge in [0.25, 0.3) is 5.91 Å². The topological polar surface area (TPSA) is 142 Å². The molecule has 10 nitrogen and oxygen atoms in total. The summed E-state index contributed by atoms with van der Waals surface area (Å²) in [5.74, 6) is -7.46. The van der Waals surface area contributed by atoms with E-state index < -0.39 is 70.2 Å². The first-order valence-corrected chi connectivity index (χ1v) is 11.7. The van der Waals surface area contributed by atoms with Crippen molar-refractivity contribution in [3.63, 3.8) is 0 Å². The maximum absolute atomic E-state index is 13.8. The highest BCUT2D eigenvalue weighted by Gasteiger charge is 2.37. The van der Waals surface area contributed by atoms with Crippen LogP contribution in [0.1, 0.15) is 19.3 Å². The third kappa shape index (κ3) is 6.08. The van der Waals surface area contributed by atoms with Crippen LogP contribution < -0.4 is 10.2 Å². The molecule has 1 heterocycles. The highest BCUT2D eigenvalue weighted by molar-refractivity contribution is 7.89. The van der Waals surface area contributed by atoms with Crippen molar-refractivity contribution in [3.8, 4) is 11.5 Å². The number of carbonyl (C=O) groups excluding carboxylic acids is 1. The molecule has 0 spiro atoms. The fraction of sp³-hybridized carbons (Fsp3) is 0.333. The molecule has 2 aromatic carbocycles. The van der Waals surface area contributed by atoms with E-state index in [2.05, 4.69) is 0 Å². The van der Waals surface area contributed by atoms with Crippen LogP contribution in [0.4, 0.5) is 13.2 Å². The molecule has 3 N–H and O–H groups in total. The molecule has 0 aromatic heterocycles. The van der Waals surface area contributed by atoms with Crippen LogP contribution in [0.3, 0.4) is 0 Å². The van der Waals surface area contributed by atoms with Crippen LogP contribution in [-0.4, -0.2) is 60.2 Å². The van der Waals surface area contributed by atoms with Crippen molar-refractivity contribution in [2.75, 3.05) is 13.2 Å². The molecule has 1 amide bonds. The van der Waals surface area contributed by atoms with Gasteiger partial charge >= 0.3 is 5.97 Å². The lowest BCUT2D eigenvalue weighted by molar-refractivity contribution is -0.146. The lowest BCUT2D eigenvalue weighted by Gasteiger charge is -2.35. The SMILES string of the molecule is O=C(O)CCN(C1CCOC(C(=O)NO)C1)S(=O)(=O)c1ccc(Oc2ccc(F)c(F)c2F)cc1. The normalized spacial score (nSPS) is 18.3. The first-order valence-electron chi connectivity index (χ1n) is 10.2. The zero-order valence-corrected chi connectivity index (χ0v) is 18.8. The molecule has 0 bridgehead atoms. The molecular formula is C21H21F3N2O8S. The summed E-state index contributed by atoms with van der Waals surface area (Å²) in [5, 5.41) is 17.9. The molecule has 2 unspecified atom stereocenters. The van der Waals surface area contributed by atoms with E-state index in [9.17, 15) is 31.2 Å². The minimum atomic E-state index is -4.28. The van der Waals surface area contributed by atoms with Gasteiger partial charge in [0, 0.05) is 19.2 Å². The molecule has 190 valence electrons. The number of hydrogen-bond donors (Lipinski definition) is 3. The number of hydroxylamine groups is 1. The lowest BCUT2D eigenvalue weighted by atomic mass is 10.0. The number of aliphatic carboxylic acids is 1. The van der Waals surface area contributed by atoms with Crippen LogP contribution >= 0.6 is 0 Å². The van der Waals surface area contributed by atoms with Gasteiger partial charge in [0.1, 0.15) is 11.9 Å². The first-order chi connectivity index (χ1) is 16.5. The van der Waals surface area contributed by atoms with Crippen molar-refractivity contribution >= 4 is 21.9 Å². The largest absolute Gasteiger partial charge is 0.481 e. The number of halogens is 3. The maximum atomic E-state index is 13.8. The summed E-state index contributed by atoms with van der Waals surface area (Å²) < 4.78 is 78.4. The van der Waals surface area contributed by atoms with Gasteiger partial charge < -0.3 is 14.6 Å². The standard InChI is InChI=1S/C21H21F3N2O8S/c22-15-5-6-16(20(24)19(15)23)34-13-1-3-14(4-2-13)35(31,32)26(9-7-18(27)28)12-8-10-33-17(11-12)21(29)25-30/h1-6,12,17,30H,7-11H2,(H,25,29)(H,27,28). The molecule has 1 fully saturated rings. The van der Waals surface area contributed by atoms with Gasteiger partial charge in [-0.3, -0.25) is 14.8 Å². The Morgan fingerprint density at radius 1 is 1.11 bits per heavy atom. The van der Waals surface area contributed by atoms with Gasteiger partial charge in [-0.05, 0) is 49.2 Å². The Balaban J connectivity index is 1.85. The van der Waals surface area contributed by atoms with Gasteiger partial charge in [0.15, 0.2) is 17.4 Å². The third-order valence-corrected chi connectivity index (χ3v) is 7.24. The number of amides is 1. The van der Waals surface area contributed by atoms with Crippen LogP contribution in [0, 0.1) is 17.5 Å². The quantitative estimate of drug-likeness (QED) is 0.261. The summed E-state index contributed by atoms with van der Waals surface area (Å²) in [6, 6.07) is 5.30. The van der Waals surface area contributed by atoms with Crippen molar-refractivity contribution in [3.05, 3.63) is 53.8 Å². The zero-order chi connectivity index (χ0) is 25.8. The Morgan fingerprint density at radius 3 is 2.43 bits per heavy atom. The predicted molar refractivity (Wildman–Crippen MR) is 112 cm³/mol. The molecule has 1 saturated heterocycles. The molecule has 14 heteroatoms. The van der Waals surface area contributed by atoms with E-state index in [4.69, 9.17) is 19.8 Å². The number of nitrogens with one attached hydrogen (secondary N) is 1. The zero-order valence-electron chi connectivity index (χ0n) is 18.0. The van der Waals surface area contributed by atoms with E-state index in [-0.39, 0.29) is 30.1 Å². The number of hydrogen-bond acceptors (Lipinski definition) is 7. The minimum absolute atomic E-state index is 0.00554. The summed E-state index contributed by atoms with van der Waals surface area (Å²) in [5.41, 5.74) is 1.44. The Hall–Kier alpha value is -3.20. The Bertz CT molecular complexity index is 1190. The average Bonchev–Trinajstić information content (AvgIpc) is 2.84. The number of benzene rings is 2. The molecule has 3 rings (SSSR count). The van der Waals surface area contributed by atoms with E-state index in [1.54, 1.807) is 0 Å². The minimum Gasteiger partial charge on any atom is -0.481 e. The average molecular weight is 518 g/mol. The van der Waals surface area contributed by atoms with Crippen LogP contribution in [0.2, 0.25) is 0 Å². The fourth-order valence-electron chi connectivity index (χ4n) is 3.53. The Labute approximate surface area is 197 Å². The summed E-state index contributed by atoms with van der Waals surface area (Å²) in [7, 11) is -4.28. The number of carbonyl (C=O) groups is 2. The first kappa shape index (κ1) is 26.4. The molecule has 2 atom stereocenters. The van der Waals surface area contributed by atoms with E-state index in [0.29, 0.717) is 6.07 Å². The molecule has 0 aliphatic carbocycles. The second-order valence-corrected chi connectivity index (χ2v) is 9.41. The van der Waals surface area contributed by atoms with Crippen molar-refractivity contribution < 1.29 is 51.0 Å².